The average Bonchev–Trinajstić information content (AvgIpc) is 2.65. The first-order valence-corrected chi connectivity index (χ1v) is 5.54. The number of likely N-dealkylation sites (N-methyl/N-ethyl adjacent to an activating group) is 1. The SMILES string of the molecule is CNC(C)C(O)c1cn(C)c2ccccc12. The van der Waals surface area contributed by atoms with Crippen molar-refractivity contribution in [1.29, 1.82) is 0 Å². The molecular formula is C13H18N2O. The van der Waals surface area contributed by atoms with Crippen molar-refractivity contribution in [1.82, 2.24) is 9.88 Å². The minimum Gasteiger partial charge on any atom is -0.387 e. The van der Waals surface area contributed by atoms with Gasteiger partial charge in [-0.15, -0.1) is 0 Å². The van der Waals surface area contributed by atoms with Crippen LogP contribution in [0.4, 0.5) is 0 Å². The number of fused-ring (bicyclic) bond motifs is 1. The lowest BCUT2D eigenvalue weighted by Gasteiger charge is -2.17. The van der Waals surface area contributed by atoms with Gasteiger partial charge in [0.2, 0.25) is 0 Å². The van der Waals surface area contributed by atoms with E-state index in [9.17, 15) is 5.11 Å². The maximum Gasteiger partial charge on any atom is 0.0960 e. The van der Waals surface area contributed by atoms with Gasteiger partial charge in [-0.05, 0) is 20.0 Å². The van der Waals surface area contributed by atoms with Crippen molar-refractivity contribution in [3.63, 3.8) is 0 Å². The van der Waals surface area contributed by atoms with E-state index in [1.807, 2.05) is 39.3 Å². The predicted molar refractivity (Wildman–Crippen MR) is 66.4 cm³/mol. The van der Waals surface area contributed by atoms with Crippen LogP contribution in [0, 0.1) is 0 Å². The van der Waals surface area contributed by atoms with Crippen LogP contribution < -0.4 is 5.32 Å². The molecule has 2 aromatic rings. The molecule has 0 spiro atoms. The first-order valence-electron chi connectivity index (χ1n) is 5.54. The third-order valence-electron chi connectivity index (χ3n) is 3.18. The largest absolute Gasteiger partial charge is 0.387 e. The van der Waals surface area contributed by atoms with Crippen LogP contribution in [0.3, 0.4) is 0 Å². The molecule has 2 unspecified atom stereocenters. The number of benzene rings is 1. The fraction of sp³-hybridized carbons (Fsp3) is 0.385. The highest BCUT2D eigenvalue weighted by Crippen LogP contribution is 2.27. The summed E-state index contributed by atoms with van der Waals surface area (Å²) < 4.78 is 2.05. The molecule has 1 aromatic heterocycles. The van der Waals surface area contributed by atoms with E-state index in [1.54, 1.807) is 0 Å². The number of hydrogen-bond donors (Lipinski definition) is 2. The number of aliphatic hydroxyl groups excluding tert-OH is 1. The summed E-state index contributed by atoms with van der Waals surface area (Å²) in [6, 6.07) is 8.18. The predicted octanol–water partition coefficient (Wildman–Crippen LogP) is 1.82. The van der Waals surface area contributed by atoms with E-state index in [2.05, 4.69) is 22.0 Å². The Labute approximate surface area is 95.7 Å². The van der Waals surface area contributed by atoms with Crippen LogP contribution in [0.15, 0.2) is 30.5 Å². The normalized spacial score (nSPS) is 15.2. The molecule has 2 atom stereocenters. The van der Waals surface area contributed by atoms with E-state index in [0.717, 1.165) is 16.5 Å². The quantitative estimate of drug-likeness (QED) is 0.824. The molecule has 0 aliphatic carbocycles. The topological polar surface area (TPSA) is 37.2 Å². The number of nitrogens with one attached hydrogen (secondary N) is 1. The summed E-state index contributed by atoms with van der Waals surface area (Å²) in [6.45, 7) is 1.98. The highest BCUT2D eigenvalue weighted by Gasteiger charge is 2.18. The molecule has 2 rings (SSSR count). The van der Waals surface area contributed by atoms with Crippen molar-refractivity contribution in [2.45, 2.75) is 19.1 Å². The first kappa shape index (κ1) is 11.2. The molecule has 0 bridgehead atoms. The molecule has 2 N–H and O–H groups in total. The van der Waals surface area contributed by atoms with Gasteiger partial charge in [0.15, 0.2) is 0 Å². The Morgan fingerprint density at radius 2 is 2.00 bits per heavy atom. The molecular weight excluding hydrogens is 200 g/mol. The number of aryl methyl sites for hydroxylation is 1. The zero-order valence-electron chi connectivity index (χ0n) is 9.94. The van der Waals surface area contributed by atoms with E-state index < -0.39 is 6.10 Å². The number of aliphatic hydroxyl groups is 1. The minimum atomic E-state index is -0.476. The van der Waals surface area contributed by atoms with Crippen LogP contribution in [0.2, 0.25) is 0 Å². The number of para-hydroxylation sites is 1. The van der Waals surface area contributed by atoms with Crippen molar-refractivity contribution in [2.75, 3.05) is 7.05 Å². The summed E-state index contributed by atoms with van der Waals surface area (Å²) >= 11 is 0. The van der Waals surface area contributed by atoms with Gasteiger partial charge >= 0.3 is 0 Å². The molecule has 16 heavy (non-hydrogen) atoms. The number of aromatic nitrogens is 1. The zero-order chi connectivity index (χ0) is 11.7. The van der Waals surface area contributed by atoms with Gasteiger partial charge in [0.05, 0.1) is 6.10 Å². The Bertz CT molecular complexity index is 490. The summed E-state index contributed by atoms with van der Waals surface area (Å²) in [5.74, 6) is 0. The highest BCUT2D eigenvalue weighted by atomic mass is 16.3. The van der Waals surface area contributed by atoms with Gasteiger partial charge < -0.3 is 15.0 Å². The second kappa shape index (κ2) is 4.28. The fourth-order valence-electron chi connectivity index (χ4n) is 2.04. The summed E-state index contributed by atoms with van der Waals surface area (Å²) in [7, 11) is 3.86. The third kappa shape index (κ3) is 1.72. The lowest BCUT2D eigenvalue weighted by atomic mass is 10.0. The molecule has 3 nitrogen and oxygen atoms in total. The monoisotopic (exact) mass is 218 g/mol. The maximum atomic E-state index is 10.2. The molecule has 1 heterocycles. The van der Waals surface area contributed by atoms with Crippen molar-refractivity contribution < 1.29 is 5.11 Å². The lowest BCUT2D eigenvalue weighted by Crippen LogP contribution is -2.28. The maximum absolute atomic E-state index is 10.2. The van der Waals surface area contributed by atoms with Gasteiger partial charge in [-0.25, -0.2) is 0 Å². The lowest BCUT2D eigenvalue weighted by molar-refractivity contribution is 0.141. The van der Waals surface area contributed by atoms with Gasteiger partial charge in [-0.2, -0.15) is 0 Å². The summed E-state index contributed by atoms with van der Waals surface area (Å²) in [5.41, 5.74) is 2.14. The number of hydrogen-bond acceptors (Lipinski definition) is 2. The Morgan fingerprint density at radius 3 is 2.69 bits per heavy atom. The highest BCUT2D eigenvalue weighted by molar-refractivity contribution is 5.84. The smallest absolute Gasteiger partial charge is 0.0960 e. The van der Waals surface area contributed by atoms with Crippen molar-refractivity contribution >= 4 is 10.9 Å². The second-order valence-corrected chi connectivity index (χ2v) is 4.23. The van der Waals surface area contributed by atoms with Gasteiger partial charge in [0.1, 0.15) is 0 Å². The first-order chi connectivity index (χ1) is 7.65. The van der Waals surface area contributed by atoms with Gasteiger partial charge in [-0.1, -0.05) is 18.2 Å². The van der Waals surface area contributed by atoms with Gasteiger partial charge in [0, 0.05) is 35.8 Å². The minimum absolute atomic E-state index is 0.0470. The van der Waals surface area contributed by atoms with Crippen LogP contribution in [0.25, 0.3) is 10.9 Å². The van der Waals surface area contributed by atoms with Crippen molar-refractivity contribution in [3.8, 4) is 0 Å². The fourth-order valence-corrected chi connectivity index (χ4v) is 2.04. The molecule has 0 saturated heterocycles. The van der Waals surface area contributed by atoms with Crippen LogP contribution in [-0.2, 0) is 7.05 Å². The molecule has 0 radical (unpaired) electrons. The third-order valence-corrected chi connectivity index (χ3v) is 3.18. The molecule has 0 fully saturated rings. The molecule has 1 aromatic carbocycles. The Balaban J connectivity index is 2.52. The molecule has 0 amide bonds. The van der Waals surface area contributed by atoms with Crippen LogP contribution in [-0.4, -0.2) is 22.8 Å². The molecule has 0 aliphatic heterocycles. The van der Waals surface area contributed by atoms with E-state index in [4.69, 9.17) is 0 Å². The van der Waals surface area contributed by atoms with Crippen molar-refractivity contribution in [3.05, 3.63) is 36.0 Å². The standard InChI is InChI=1S/C13H18N2O/c1-9(14-2)13(16)11-8-15(3)12-7-5-4-6-10(11)12/h4-9,13-14,16H,1-3H3. The van der Waals surface area contributed by atoms with Crippen LogP contribution in [0.1, 0.15) is 18.6 Å². The van der Waals surface area contributed by atoms with Gasteiger partial charge in [-0.3, -0.25) is 0 Å². The van der Waals surface area contributed by atoms with Crippen LogP contribution in [0.5, 0.6) is 0 Å². The van der Waals surface area contributed by atoms with Crippen molar-refractivity contribution in [2.24, 2.45) is 7.05 Å². The summed E-state index contributed by atoms with van der Waals surface area (Å²) in [6.07, 6.45) is 1.53. The number of nitrogens with zero attached hydrogens (tertiary/aromatic N) is 1. The Hall–Kier alpha value is -1.32. The van der Waals surface area contributed by atoms with Gasteiger partial charge in [0.25, 0.3) is 0 Å². The van der Waals surface area contributed by atoms with E-state index in [-0.39, 0.29) is 6.04 Å². The summed E-state index contributed by atoms with van der Waals surface area (Å²) in [5, 5.41) is 14.4. The second-order valence-electron chi connectivity index (χ2n) is 4.23. The Kier molecular flexibility index (Phi) is 2.99. The number of rotatable bonds is 3. The van der Waals surface area contributed by atoms with E-state index in [0.29, 0.717) is 0 Å². The average molecular weight is 218 g/mol. The van der Waals surface area contributed by atoms with E-state index >= 15 is 0 Å². The van der Waals surface area contributed by atoms with Crippen LogP contribution >= 0.6 is 0 Å². The Morgan fingerprint density at radius 1 is 1.31 bits per heavy atom. The molecule has 0 aliphatic rings. The molecule has 0 saturated carbocycles. The zero-order valence-corrected chi connectivity index (χ0v) is 9.94. The molecule has 3 heteroatoms. The summed E-state index contributed by atoms with van der Waals surface area (Å²) in [4.78, 5) is 0. The molecule has 86 valence electrons. The van der Waals surface area contributed by atoms with E-state index in [1.165, 1.54) is 0 Å².